The van der Waals surface area contributed by atoms with Gasteiger partial charge in [0.1, 0.15) is 5.75 Å². The summed E-state index contributed by atoms with van der Waals surface area (Å²) in [6.07, 6.45) is -4.65. The maximum atomic E-state index is 13.0. The zero-order valence-corrected chi connectivity index (χ0v) is 17.5. The number of phenolic OH excluding ortho intramolecular Hbond substituents is 1. The number of sulfonamides is 1. The van der Waals surface area contributed by atoms with Crippen LogP contribution in [0.5, 0.6) is 5.75 Å². The summed E-state index contributed by atoms with van der Waals surface area (Å²) in [5, 5.41) is 11.8. The second-order valence-electron chi connectivity index (χ2n) is 7.40. The van der Waals surface area contributed by atoms with E-state index in [9.17, 15) is 31.5 Å². The van der Waals surface area contributed by atoms with E-state index in [2.05, 4.69) is 0 Å². The SMILES string of the molecule is O=C(c1ccc2ccccc2c1O)N1CCN(S(=O)(=O)c2cccc(C(F)(F)F)c2)CC1. The number of benzene rings is 3. The van der Waals surface area contributed by atoms with E-state index in [1.165, 1.54) is 11.0 Å². The van der Waals surface area contributed by atoms with Gasteiger partial charge in [-0.1, -0.05) is 36.4 Å². The Morgan fingerprint density at radius 1 is 0.906 bits per heavy atom. The van der Waals surface area contributed by atoms with Crippen molar-refractivity contribution in [1.29, 1.82) is 0 Å². The van der Waals surface area contributed by atoms with Gasteiger partial charge in [-0.25, -0.2) is 8.42 Å². The molecule has 0 saturated carbocycles. The molecule has 1 aliphatic heterocycles. The second-order valence-corrected chi connectivity index (χ2v) is 9.34. The minimum Gasteiger partial charge on any atom is -0.506 e. The smallest absolute Gasteiger partial charge is 0.416 e. The van der Waals surface area contributed by atoms with Crippen LogP contribution in [-0.4, -0.2) is 54.8 Å². The lowest BCUT2D eigenvalue weighted by Gasteiger charge is -2.34. The van der Waals surface area contributed by atoms with Crippen molar-refractivity contribution in [3.63, 3.8) is 0 Å². The van der Waals surface area contributed by atoms with Crippen molar-refractivity contribution >= 4 is 26.7 Å². The minimum atomic E-state index is -4.65. The van der Waals surface area contributed by atoms with Crippen molar-refractivity contribution in [1.82, 2.24) is 9.21 Å². The number of hydrogen-bond acceptors (Lipinski definition) is 4. The third-order valence-corrected chi connectivity index (χ3v) is 7.35. The lowest BCUT2D eigenvalue weighted by atomic mass is 10.0. The monoisotopic (exact) mass is 464 g/mol. The van der Waals surface area contributed by atoms with Gasteiger partial charge in [-0.05, 0) is 29.7 Å². The number of hydrogen-bond donors (Lipinski definition) is 1. The van der Waals surface area contributed by atoms with E-state index in [0.29, 0.717) is 11.5 Å². The maximum absolute atomic E-state index is 13.0. The molecule has 3 aromatic rings. The van der Waals surface area contributed by atoms with Gasteiger partial charge in [0.15, 0.2) is 0 Å². The molecule has 1 saturated heterocycles. The van der Waals surface area contributed by atoms with Crippen LogP contribution in [-0.2, 0) is 16.2 Å². The summed E-state index contributed by atoms with van der Waals surface area (Å²) in [7, 11) is -4.15. The third-order valence-electron chi connectivity index (χ3n) is 5.46. The molecule has 1 aliphatic rings. The molecule has 0 aromatic heterocycles. The standard InChI is InChI=1S/C22H19F3N2O4S/c23-22(24,25)16-5-3-6-17(14-16)32(30,31)27-12-10-26(11-13-27)21(29)19-9-8-15-4-1-2-7-18(15)20(19)28/h1-9,14,28H,10-13H2. The van der Waals surface area contributed by atoms with E-state index in [4.69, 9.17) is 0 Å². The van der Waals surface area contributed by atoms with Crippen molar-refractivity contribution < 1.29 is 31.5 Å². The van der Waals surface area contributed by atoms with Crippen molar-refractivity contribution in [2.75, 3.05) is 26.2 Å². The molecule has 1 fully saturated rings. The summed E-state index contributed by atoms with van der Waals surface area (Å²) in [4.78, 5) is 13.9. The first-order valence-electron chi connectivity index (χ1n) is 9.76. The Morgan fingerprint density at radius 3 is 2.28 bits per heavy atom. The number of nitrogens with zero attached hydrogens (tertiary/aromatic N) is 2. The average Bonchev–Trinajstić information content (AvgIpc) is 2.79. The molecule has 6 nitrogen and oxygen atoms in total. The van der Waals surface area contributed by atoms with E-state index >= 15 is 0 Å². The van der Waals surface area contributed by atoms with E-state index in [-0.39, 0.29) is 37.5 Å². The zero-order valence-electron chi connectivity index (χ0n) is 16.7. The Bertz CT molecular complexity index is 1280. The van der Waals surface area contributed by atoms with Gasteiger partial charge in [-0.15, -0.1) is 0 Å². The van der Waals surface area contributed by atoms with E-state index in [1.807, 2.05) is 6.07 Å². The van der Waals surface area contributed by atoms with E-state index in [0.717, 1.165) is 27.9 Å². The molecule has 1 amide bonds. The van der Waals surface area contributed by atoms with Crippen molar-refractivity contribution in [2.24, 2.45) is 0 Å². The number of piperazine rings is 1. The van der Waals surface area contributed by atoms with Gasteiger partial charge in [-0.2, -0.15) is 17.5 Å². The summed E-state index contributed by atoms with van der Waals surface area (Å²) in [6.45, 7) is -0.0517. The molecule has 10 heteroatoms. The molecule has 0 atom stereocenters. The number of aromatic hydroxyl groups is 1. The van der Waals surface area contributed by atoms with Crippen LogP contribution in [0.25, 0.3) is 10.8 Å². The zero-order chi connectivity index (χ0) is 23.1. The summed E-state index contributed by atoms with van der Waals surface area (Å²) >= 11 is 0. The topological polar surface area (TPSA) is 77.9 Å². The van der Waals surface area contributed by atoms with Gasteiger partial charge in [0.25, 0.3) is 5.91 Å². The lowest BCUT2D eigenvalue weighted by molar-refractivity contribution is -0.137. The molecule has 3 aromatic carbocycles. The number of halogens is 3. The number of carbonyl (C=O) groups is 1. The van der Waals surface area contributed by atoms with Crippen LogP contribution in [0.1, 0.15) is 15.9 Å². The van der Waals surface area contributed by atoms with Crippen LogP contribution in [0.3, 0.4) is 0 Å². The van der Waals surface area contributed by atoms with Gasteiger partial charge < -0.3 is 10.0 Å². The fraction of sp³-hybridized carbons (Fsp3) is 0.227. The molecular formula is C22H19F3N2O4S. The Labute approximate surface area is 182 Å². The molecule has 168 valence electrons. The number of carbonyl (C=O) groups excluding carboxylic acids is 1. The second kappa shape index (κ2) is 8.10. The predicted molar refractivity (Wildman–Crippen MR) is 112 cm³/mol. The van der Waals surface area contributed by atoms with Crippen LogP contribution in [0.4, 0.5) is 13.2 Å². The molecule has 0 bridgehead atoms. The van der Waals surface area contributed by atoms with Crippen LogP contribution in [0.2, 0.25) is 0 Å². The predicted octanol–water partition coefficient (Wildman–Crippen LogP) is 3.71. The first-order chi connectivity index (χ1) is 15.1. The molecule has 4 rings (SSSR count). The summed E-state index contributed by atoms with van der Waals surface area (Å²) < 4.78 is 65.6. The summed E-state index contributed by atoms with van der Waals surface area (Å²) in [5.41, 5.74) is -0.933. The Morgan fingerprint density at radius 2 is 1.59 bits per heavy atom. The van der Waals surface area contributed by atoms with Gasteiger partial charge in [0.05, 0.1) is 16.0 Å². The molecule has 0 unspecified atom stereocenters. The maximum Gasteiger partial charge on any atom is 0.416 e. The first-order valence-corrected chi connectivity index (χ1v) is 11.2. The first kappa shape index (κ1) is 22.1. The highest BCUT2D eigenvalue weighted by atomic mass is 32.2. The average molecular weight is 464 g/mol. The fourth-order valence-electron chi connectivity index (χ4n) is 3.71. The van der Waals surface area contributed by atoms with Crippen molar-refractivity contribution in [2.45, 2.75) is 11.1 Å². The Balaban J connectivity index is 1.51. The summed E-state index contributed by atoms with van der Waals surface area (Å²) in [6, 6.07) is 13.9. The van der Waals surface area contributed by atoms with Crippen molar-refractivity contribution in [3.05, 3.63) is 71.8 Å². The summed E-state index contributed by atoms with van der Waals surface area (Å²) in [5.74, 6) is -0.587. The molecule has 1 N–H and O–H groups in total. The number of phenols is 1. The molecule has 0 spiro atoms. The minimum absolute atomic E-state index is 0.0449. The molecule has 32 heavy (non-hydrogen) atoms. The van der Waals surface area contributed by atoms with E-state index < -0.39 is 32.6 Å². The van der Waals surface area contributed by atoms with Crippen molar-refractivity contribution in [3.8, 4) is 5.75 Å². The van der Waals surface area contributed by atoms with Crippen LogP contribution in [0.15, 0.2) is 65.6 Å². The highest BCUT2D eigenvalue weighted by molar-refractivity contribution is 7.89. The highest BCUT2D eigenvalue weighted by Gasteiger charge is 2.34. The largest absolute Gasteiger partial charge is 0.506 e. The number of fused-ring (bicyclic) bond motifs is 1. The number of amides is 1. The van der Waals surface area contributed by atoms with Gasteiger partial charge in [0, 0.05) is 31.6 Å². The molecular weight excluding hydrogens is 445 g/mol. The quantitative estimate of drug-likeness (QED) is 0.641. The van der Waals surface area contributed by atoms with Crippen LogP contribution in [0, 0.1) is 0 Å². The third kappa shape index (κ3) is 4.03. The molecule has 1 heterocycles. The Hall–Kier alpha value is -3.11. The molecule has 0 aliphatic carbocycles. The fourth-order valence-corrected chi connectivity index (χ4v) is 5.18. The van der Waals surface area contributed by atoms with Gasteiger partial charge in [-0.3, -0.25) is 4.79 Å². The number of alkyl halides is 3. The number of rotatable bonds is 3. The Kier molecular flexibility index (Phi) is 5.59. The normalized spacial score (nSPS) is 15.8. The van der Waals surface area contributed by atoms with Crippen LogP contribution < -0.4 is 0 Å². The van der Waals surface area contributed by atoms with Gasteiger partial charge in [0.2, 0.25) is 10.0 Å². The highest BCUT2D eigenvalue weighted by Crippen LogP contribution is 2.32. The van der Waals surface area contributed by atoms with Gasteiger partial charge >= 0.3 is 6.18 Å². The lowest BCUT2D eigenvalue weighted by Crippen LogP contribution is -2.50. The van der Waals surface area contributed by atoms with E-state index in [1.54, 1.807) is 24.3 Å². The van der Waals surface area contributed by atoms with Crippen LogP contribution >= 0.6 is 0 Å². The molecule has 0 radical (unpaired) electrons.